The molecule has 8 heteroatoms. The zero-order valence-electron chi connectivity index (χ0n) is 19.7. The predicted molar refractivity (Wildman–Crippen MR) is 129 cm³/mol. The highest BCUT2D eigenvalue weighted by Gasteiger charge is 2.24. The first kappa shape index (κ1) is 21.6. The molecule has 1 amide bonds. The SMILES string of the molecule is CC(C)c1c(-c2cnn3nccc3n2)[nH]c2ccc(C3CCN(CC(=O)N(C)C)CC3)cc12. The Kier molecular flexibility index (Phi) is 5.62. The molecule has 0 saturated carbocycles. The van der Waals surface area contributed by atoms with Gasteiger partial charge in [-0.1, -0.05) is 19.9 Å². The molecule has 0 unspecified atom stereocenters. The largest absolute Gasteiger partial charge is 0.353 e. The molecule has 0 atom stereocenters. The first-order valence-electron chi connectivity index (χ1n) is 11.7. The Morgan fingerprint density at radius 3 is 2.70 bits per heavy atom. The van der Waals surface area contributed by atoms with Gasteiger partial charge in [-0.05, 0) is 61.0 Å². The minimum atomic E-state index is 0.175. The van der Waals surface area contributed by atoms with Gasteiger partial charge in [0.1, 0.15) is 5.69 Å². The number of hydrogen-bond acceptors (Lipinski definition) is 5. The number of piperidine rings is 1. The van der Waals surface area contributed by atoms with Gasteiger partial charge in [0.15, 0.2) is 5.65 Å². The van der Waals surface area contributed by atoms with Crippen molar-refractivity contribution < 1.29 is 4.79 Å². The van der Waals surface area contributed by atoms with Crippen LogP contribution in [0.1, 0.15) is 49.7 Å². The zero-order valence-corrected chi connectivity index (χ0v) is 19.7. The van der Waals surface area contributed by atoms with Crippen LogP contribution in [0.3, 0.4) is 0 Å². The van der Waals surface area contributed by atoms with E-state index in [1.807, 2.05) is 20.2 Å². The smallest absolute Gasteiger partial charge is 0.236 e. The third kappa shape index (κ3) is 4.11. The van der Waals surface area contributed by atoms with Crippen molar-refractivity contribution in [2.75, 3.05) is 33.7 Å². The van der Waals surface area contributed by atoms with Gasteiger partial charge in [0.25, 0.3) is 0 Å². The molecule has 33 heavy (non-hydrogen) atoms. The minimum absolute atomic E-state index is 0.175. The molecule has 0 radical (unpaired) electrons. The third-order valence-electron chi connectivity index (χ3n) is 6.74. The number of carbonyl (C=O) groups excluding carboxylic acids is 1. The van der Waals surface area contributed by atoms with E-state index in [2.05, 4.69) is 52.1 Å². The molecule has 0 bridgehead atoms. The fourth-order valence-electron chi connectivity index (χ4n) is 4.89. The molecule has 0 spiro atoms. The van der Waals surface area contributed by atoms with E-state index in [4.69, 9.17) is 4.98 Å². The molecule has 1 aliphatic rings. The van der Waals surface area contributed by atoms with Crippen molar-refractivity contribution in [3.8, 4) is 11.4 Å². The van der Waals surface area contributed by atoms with E-state index in [0.717, 1.165) is 48.5 Å². The Morgan fingerprint density at radius 1 is 1.18 bits per heavy atom. The average molecular weight is 446 g/mol. The van der Waals surface area contributed by atoms with Crippen LogP contribution in [0.4, 0.5) is 0 Å². The van der Waals surface area contributed by atoms with Gasteiger partial charge in [-0.15, -0.1) is 4.63 Å². The molecule has 1 aromatic carbocycles. The lowest BCUT2D eigenvalue weighted by atomic mass is 9.87. The number of amides is 1. The molecule has 4 aromatic rings. The van der Waals surface area contributed by atoms with Crippen molar-refractivity contribution >= 4 is 22.5 Å². The van der Waals surface area contributed by atoms with Crippen LogP contribution in [0.15, 0.2) is 36.7 Å². The quantitative estimate of drug-likeness (QED) is 0.507. The van der Waals surface area contributed by atoms with Gasteiger partial charge in [-0.25, -0.2) is 4.98 Å². The molecule has 1 aliphatic heterocycles. The van der Waals surface area contributed by atoms with E-state index in [-0.39, 0.29) is 5.91 Å². The fourth-order valence-corrected chi connectivity index (χ4v) is 4.89. The van der Waals surface area contributed by atoms with Crippen molar-refractivity contribution in [2.24, 2.45) is 0 Å². The maximum Gasteiger partial charge on any atom is 0.236 e. The van der Waals surface area contributed by atoms with Crippen molar-refractivity contribution in [1.29, 1.82) is 0 Å². The summed E-state index contributed by atoms with van der Waals surface area (Å²) in [6, 6.07) is 8.68. The summed E-state index contributed by atoms with van der Waals surface area (Å²) >= 11 is 0. The monoisotopic (exact) mass is 445 g/mol. The van der Waals surface area contributed by atoms with Gasteiger partial charge >= 0.3 is 0 Å². The van der Waals surface area contributed by atoms with Gasteiger partial charge < -0.3 is 9.88 Å². The number of rotatable bonds is 5. The van der Waals surface area contributed by atoms with Crippen LogP contribution in [0.2, 0.25) is 0 Å². The summed E-state index contributed by atoms with van der Waals surface area (Å²) in [5.41, 5.74) is 6.39. The van der Waals surface area contributed by atoms with Gasteiger partial charge in [0.2, 0.25) is 5.91 Å². The molecule has 172 valence electrons. The van der Waals surface area contributed by atoms with Crippen LogP contribution in [-0.4, -0.2) is 74.2 Å². The van der Waals surface area contributed by atoms with Crippen LogP contribution in [0.5, 0.6) is 0 Å². The van der Waals surface area contributed by atoms with Crippen molar-refractivity contribution in [3.63, 3.8) is 0 Å². The van der Waals surface area contributed by atoms with E-state index in [0.29, 0.717) is 18.4 Å². The molecule has 0 aliphatic carbocycles. The maximum atomic E-state index is 12.1. The third-order valence-corrected chi connectivity index (χ3v) is 6.74. The number of nitrogens with one attached hydrogen (secondary N) is 1. The summed E-state index contributed by atoms with van der Waals surface area (Å²) in [7, 11) is 3.64. The predicted octanol–water partition coefficient (Wildman–Crippen LogP) is 3.66. The number of H-pyrrole nitrogens is 1. The summed E-state index contributed by atoms with van der Waals surface area (Å²) in [6.45, 7) is 6.88. The molecule has 1 saturated heterocycles. The van der Waals surface area contributed by atoms with Crippen LogP contribution in [0.25, 0.3) is 27.9 Å². The van der Waals surface area contributed by atoms with Gasteiger partial charge in [0, 0.05) is 31.1 Å². The lowest BCUT2D eigenvalue weighted by Crippen LogP contribution is -2.40. The van der Waals surface area contributed by atoms with Crippen LogP contribution >= 0.6 is 0 Å². The minimum Gasteiger partial charge on any atom is -0.353 e. The molecule has 5 rings (SSSR count). The van der Waals surface area contributed by atoms with Crippen LogP contribution < -0.4 is 0 Å². The fraction of sp³-hybridized carbons (Fsp3) is 0.440. The molecular formula is C25H31N7O. The number of hydrogen-bond donors (Lipinski definition) is 1. The first-order chi connectivity index (χ1) is 15.9. The number of likely N-dealkylation sites (N-methyl/N-ethyl adjacent to an activating group) is 1. The second-order valence-electron chi connectivity index (χ2n) is 9.53. The molecule has 1 N–H and O–H groups in total. The lowest BCUT2D eigenvalue weighted by Gasteiger charge is -2.32. The average Bonchev–Trinajstić information content (AvgIpc) is 3.43. The highest BCUT2D eigenvalue weighted by Crippen LogP contribution is 2.37. The van der Waals surface area contributed by atoms with E-state index in [1.165, 1.54) is 21.1 Å². The Labute approximate surface area is 193 Å². The van der Waals surface area contributed by atoms with Crippen molar-refractivity contribution in [2.45, 2.75) is 38.5 Å². The Balaban J connectivity index is 1.43. The second kappa shape index (κ2) is 8.59. The van der Waals surface area contributed by atoms with E-state index in [1.54, 1.807) is 17.3 Å². The van der Waals surface area contributed by atoms with Crippen LogP contribution in [-0.2, 0) is 4.79 Å². The highest BCUT2D eigenvalue weighted by molar-refractivity contribution is 5.91. The lowest BCUT2D eigenvalue weighted by molar-refractivity contribution is -0.130. The summed E-state index contributed by atoms with van der Waals surface area (Å²) < 4.78 is 1.54. The Hall–Kier alpha value is -3.26. The summed E-state index contributed by atoms with van der Waals surface area (Å²) in [5, 5.41) is 9.83. The molecule has 1 fully saturated rings. The van der Waals surface area contributed by atoms with Gasteiger partial charge in [-0.3, -0.25) is 9.69 Å². The number of aromatic nitrogens is 5. The standard InChI is InChI=1S/C25H31N7O/c1-16(2)24-19-13-18(17-8-11-31(12-9-17)15-23(33)30(3)4)5-6-20(19)29-25(24)21-14-27-32-22(28-21)7-10-26-32/h5-7,10,13-14,16-17,29H,8-9,11-12,15H2,1-4H3. The second-order valence-corrected chi connectivity index (χ2v) is 9.53. The number of likely N-dealkylation sites (tertiary alicyclic amines) is 1. The van der Waals surface area contributed by atoms with Gasteiger partial charge in [-0.2, -0.15) is 10.2 Å². The molecule has 4 heterocycles. The highest BCUT2D eigenvalue weighted by atomic mass is 16.2. The summed E-state index contributed by atoms with van der Waals surface area (Å²) in [4.78, 5) is 24.4. The number of fused-ring (bicyclic) bond motifs is 2. The Bertz CT molecular complexity index is 1290. The van der Waals surface area contributed by atoms with Crippen LogP contribution in [0, 0.1) is 0 Å². The maximum absolute atomic E-state index is 12.1. The van der Waals surface area contributed by atoms with E-state index >= 15 is 0 Å². The number of carbonyl (C=O) groups is 1. The van der Waals surface area contributed by atoms with Crippen molar-refractivity contribution in [1.82, 2.24) is 34.6 Å². The summed E-state index contributed by atoms with van der Waals surface area (Å²) in [6.07, 6.45) is 5.64. The topological polar surface area (TPSA) is 82.4 Å². The normalized spacial score (nSPS) is 15.7. The molecule has 3 aromatic heterocycles. The first-order valence-corrected chi connectivity index (χ1v) is 11.7. The van der Waals surface area contributed by atoms with E-state index in [9.17, 15) is 4.79 Å². The molecule has 8 nitrogen and oxygen atoms in total. The van der Waals surface area contributed by atoms with E-state index < -0.39 is 0 Å². The zero-order chi connectivity index (χ0) is 23.1. The summed E-state index contributed by atoms with van der Waals surface area (Å²) in [5.74, 6) is 1.03. The number of benzene rings is 1. The number of nitrogens with zero attached hydrogens (tertiary/aromatic N) is 6. The number of aromatic amines is 1. The van der Waals surface area contributed by atoms with Gasteiger partial charge in [0.05, 0.1) is 24.6 Å². The Morgan fingerprint density at radius 2 is 1.97 bits per heavy atom. The van der Waals surface area contributed by atoms with Crippen molar-refractivity contribution in [3.05, 3.63) is 47.8 Å². The molecular weight excluding hydrogens is 414 g/mol.